The van der Waals surface area contributed by atoms with Crippen molar-refractivity contribution in [3.63, 3.8) is 0 Å². The first kappa shape index (κ1) is 15.5. The lowest BCUT2D eigenvalue weighted by molar-refractivity contribution is 0.263. The van der Waals surface area contributed by atoms with Crippen molar-refractivity contribution in [3.8, 4) is 0 Å². The molecule has 0 aromatic heterocycles. The van der Waals surface area contributed by atoms with Gasteiger partial charge in [0, 0.05) is 19.0 Å². The molecule has 1 aromatic carbocycles. The zero-order chi connectivity index (χ0) is 13.7. The zero-order valence-corrected chi connectivity index (χ0v) is 13.0. The fourth-order valence-corrected chi connectivity index (χ4v) is 2.16. The van der Waals surface area contributed by atoms with Gasteiger partial charge in [-0.15, -0.1) is 0 Å². The van der Waals surface area contributed by atoms with Crippen LogP contribution in [0.25, 0.3) is 0 Å². The quantitative estimate of drug-likeness (QED) is 0.810. The number of hydrogen-bond donors (Lipinski definition) is 1. The predicted molar refractivity (Wildman–Crippen MR) is 81.0 cm³/mol. The van der Waals surface area contributed by atoms with Crippen LogP contribution in [-0.2, 0) is 6.54 Å². The van der Waals surface area contributed by atoms with Gasteiger partial charge >= 0.3 is 0 Å². The fraction of sp³-hybridized carbons (Fsp3) is 0.462. The SMILES string of the molecule is CCN(Cc1cccc(F)c1Br)CC(C)C(N)=S. The first-order valence-electron chi connectivity index (χ1n) is 5.90. The molecule has 0 bridgehead atoms. The highest BCUT2D eigenvalue weighted by Gasteiger charge is 2.13. The van der Waals surface area contributed by atoms with Crippen molar-refractivity contribution < 1.29 is 4.39 Å². The number of thiocarbonyl (C=S) groups is 1. The molecule has 0 spiro atoms. The summed E-state index contributed by atoms with van der Waals surface area (Å²) in [7, 11) is 0. The Morgan fingerprint density at radius 3 is 2.78 bits per heavy atom. The molecular weight excluding hydrogens is 315 g/mol. The molecule has 1 atom stereocenters. The van der Waals surface area contributed by atoms with E-state index in [-0.39, 0.29) is 11.7 Å². The minimum Gasteiger partial charge on any atom is -0.393 e. The van der Waals surface area contributed by atoms with E-state index in [1.807, 2.05) is 13.0 Å². The highest BCUT2D eigenvalue weighted by atomic mass is 79.9. The lowest BCUT2D eigenvalue weighted by atomic mass is 10.1. The molecular formula is C13H18BrFN2S. The van der Waals surface area contributed by atoms with Crippen molar-refractivity contribution in [3.05, 3.63) is 34.1 Å². The normalized spacial score (nSPS) is 12.7. The topological polar surface area (TPSA) is 29.3 Å². The summed E-state index contributed by atoms with van der Waals surface area (Å²) in [6.45, 7) is 6.41. The molecule has 0 aliphatic heterocycles. The summed E-state index contributed by atoms with van der Waals surface area (Å²) in [5.74, 6) is -0.0711. The van der Waals surface area contributed by atoms with E-state index in [1.54, 1.807) is 6.07 Å². The van der Waals surface area contributed by atoms with Gasteiger partial charge in [-0.25, -0.2) is 4.39 Å². The Kier molecular flexibility index (Phi) is 6.18. The Bertz CT molecular complexity index is 425. The summed E-state index contributed by atoms with van der Waals surface area (Å²) >= 11 is 8.26. The monoisotopic (exact) mass is 332 g/mol. The van der Waals surface area contributed by atoms with Crippen LogP contribution in [0, 0.1) is 11.7 Å². The molecule has 0 aliphatic carbocycles. The van der Waals surface area contributed by atoms with Crippen molar-refractivity contribution in [1.82, 2.24) is 4.90 Å². The van der Waals surface area contributed by atoms with E-state index in [1.165, 1.54) is 6.07 Å². The van der Waals surface area contributed by atoms with Gasteiger partial charge < -0.3 is 5.73 Å². The smallest absolute Gasteiger partial charge is 0.137 e. The summed E-state index contributed by atoms with van der Waals surface area (Å²) in [5.41, 5.74) is 6.56. The molecule has 1 aromatic rings. The van der Waals surface area contributed by atoms with Gasteiger partial charge in [0.15, 0.2) is 0 Å². The number of hydrogen-bond acceptors (Lipinski definition) is 2. The first-order valence-corrected chi connectivity index (χ1v) is 7.10. The highest BCUT2D eigenvalue weighted by molar-refractivity contribution is 9.10. The number of nitrogens with zero attached hydrogens (tertiary/aromatic N) is 1. The van der Waals surface area contributed by atoms with Crippen molar-refractivity contribution in [1.29, 1.82) is 0 Å². The summed E-state index contributed by atoms with van der Waals surface area (Å²) in [4.78, 5) is 2.72. The Morgan fingerprint density at radius 2 is 2.22 bits per heavy atom. The Balaban J connectivity index is 2.74. The molecule has 2 nitrogen and oxygen atoms in total. The molecule has 100 valence electrons. The van der Waals surface area contributed by atoms with Crippen molar-refractivity contribution >= 4 is 33.1 Å². The van der Waals surface area contributed by atoms with Gasteiger partial charge in [0.1, 0.15) is 5.82 Å². The third kappa shape index (κ3) is 4.30. The molecule has 5 heteroatoms. The number of halogens is 2. The molecule has 0 heterocycles. The van der Waals surface area contributed by atoms with Gasteiger partial charge in [0.2, 0.25) is 0 Å². The van der Waals surface area contributed by atoms with Gasteiger partial charge in [-0.3, -0.25) is 4.90 Å². The van der Waals surface area contributed by atoms with Gasteiger partial charge in [-0.2, -0.15) is 0 Å². The second-order valence-corrected chi connectivity index (χ2v) is 5.61. The summed E-state index contributed by atoms with van der Waals surface area (Å²) in [6.07, 6.45) is 0. The van der Waals surface area contributed by atoms with E-state index < -0.39 is 0 Å². The van der Waals surface area contributed by atoms with Crippen LogP contribution in [0.3, 0.4) is 0 Å². The third-order valence-corrected chi connectivity index (χ3v) is 4.18. The predicted octanol–water partition coefficient (Wildman–Crippen LogP) is 3.33. The maximum atomic E-state index is 13.4. The zero-order valence-electron chi connectivity index (χ0n) is 10.6. The third-order valence-electron chi connectivity index (χ3n) is 2.89. The van der Waals surface area contributed by atoms with Crippen LogP contribution in [0.4, 0.5) is 4.39 Å². The molecule has 0 radical (unpaired) electrons. The summed E-state index contributed by atoms with van der Waals surface area (Å²) < 4.78 is 14.0. The van der Waals surface area contributed by atoms with E-state index >= 15 is 0 Å². The summed E-state index contributed by atoms with van der Waals surface area (Å²) in [6, 6.07) is 5.09. The molecule has 0 fully saturated rings. The molecule has 1 unspecified atom stereocenters. The molecule has 0 amide bonds. The van der Waals surface area contributed by atoms with E-state index in [2.05, 4.69) is 27.8 Å². The fourth-order valence-electron chi connectivity index (χ4n) is 1.69. The maximum Gasteiger partial charge on any atom is 0.137 e. The standard InChI is InChI=1S/C13H18BrFN2S/c1-3-17(7-9(2)13(16)18)8-10-5-4-6-11(15)12(10)14/h4-6,9H,3,7-8H2,1-2H3,(H2,16,18). The summed E-state index contributed by atoms with van der Waals surface area (Å²) in [5, 5.41) is 0. The van der Waals surface area contributed by atoms with Crippen LogP contribution < -0.4 is 5.73 Å². The van der Waals surface area contributed by atoms with Gasteiger partial charge in [0.25, 0.3) is 0 Å². The second kappa shape index (κ2) is 7.16. The largest absolute Gasteiger partial charge is 0.393 e. The van der Waals surface area contributed by atoms with E-state index in [4.69, 9.17) is 18.0 Å². The molecule has 2 N–H and O–H groups in total. The second-order valence-electron chi connectivity index (χ2n) is 4.34. The first-order chi connectivity index (χ1) is 8.45. The van der Waals surface area contributed by atoms with E-state index in [0.29, 0.717) is 16.0 Å². The van der Waals surface area contributed by atoms with Crippen LogP contribution in [0.5, 0.6) is 0 Å². The van der Waals surface area contributed by atoms with Gasteiger partial charge in [-0.1, -0.05) is 38.2 Å². The number of benzene rings is 1. The minimum atomic E-state index is -0.231. The van der Waals surface area contributed by atoms with Crippen LogP contribution in [0.15, 0.2) is 22.7 Å². The number of rotatable bonds is 6. The van der Waals surface area contributed by atoms with Gasteiger partial charge in [-0.05, 0) is 34.1 Å². The number of nitrogens with two attached hydrogens (primary N) is 1. The molecule has 0 saturated carbocycles. The van der Waals surface area contributed by atoms with Crippen LogP contribution in [-0.4, -0.2) is 23.0 Å². The molecule has 0 saturated heterocycles. The van der Waals surface area contributed by atoms with Crippen molar-refractivity contribution in [2.45, 2.75) is 20.4 Å². The van der Waals surface area contributed by atoms with Crippen LogP contribution in [0.1, 0.15) is 19.4 Å². The molecule has 0 aliphatic rings. The average molecular weight is 333 g/mol. The van der Waals surface area contributed by atoms with E-state index in [9.17, 15) is 4.39 Å². The lowest BCUT2D eigenvalue weighted by Crippen LogP contribution is -2.33. The highest BCUT2D eigenvalue weighted by Crippen LogP contribution is 2.22. The van der Waals surface area contributed by atoms with Crippen LogP contribution in [0.2, 0.25) is 0 Å². The minimum absolute atomic E-state index is 0.160. The Morgan fingerprint density at radius 1 is 1.56 bits per heavy atom. The van der Waals surface area contributed by atoms with Crippen molar-refractivity contribution in [2.24, 2.45) is 11.7 Å². The van der Waals surface area contributed by atoms with Gasteiger partial charge in [0.05, 0.1) is 9.46 Å². The van der Waals surface area contributed by atoms with Crippen molar-refractivity contribution in [2.75, 3.05) is 13.1 Å². The molecule has 1 rings (SSSR count). The maximum absolute atomic E-state index is 13.4. The van der Waals surface area contributed by atoms with E-state index in [0.717, 1.165) is 18.7 Å². The average Bonchev–Trinajstić information content (AvgIpc) is 2.33. The van der Waals surface area contributed by atoms with Crippen LogP contribution >= 0.6 is 28.1 Å². The Hall–Kier alpha value is -0.520. The lowest BCUT2D eigenvalue weighted by Gasteiger charge is -2.24. The Labute approximate surface area is 121 Å². The molecule has 18 heavy (non-hydrogen) atoms.